The van der Waals surface area contributed by atoms with E-state index in [1.54, 1.807) is 29.7 Å². The number of tetrazole rings is 1. The molecule has 0 spiro atoms. The Bertz CT molecular complexity index is 816. The molecule has 0 atom stereocenters. The zero-order valence-corrected chi connectivity index (χ0v) is 13.4. The normalized spacial score (nSPS) is 11.8. The van der Waals surface area contributed by atoms with Gasteiger partial charge in [0.25, 0.3) is 5.91 Å². The Morgan fingerprint density at radius 3 is 2.91 bits per heavy atom. The third-order valence-corrected chi connectivity index (χ3v) is 4.02. The van der Waals surface area contributed by atoms with Gasteiger partial charge in [0, 0.05) is 17.0 Å². The molecule has 0 fully saturated rings. The van der Waals surface area contributed by atoms with Crippen LogP contribution in [0.3, 0.4) is 0 Å². The number of hydrogen-bond acceptors (Lipinski definition) is 6. The number of pyridine rings is 1. The molecule has 1 N–H and O–H groups in total. The molecule has 0 saturated carbocycles. The number of nitrogens with zero attached hydrogens (tertiary/aromatic N) is 5. The number of fused-ring (bicyclic) bond motifs is 1. The molecule has 3 aromatic heterocycles. The van der Waals surface area contributed by atoms with Crippen LogP contribution < -0.4 is 5.32 Å². The number of aromatic nitrogens is 5. The highest BCUT2D eigenvalue weighted by molar-refractivity contribution is 7.09. The molecule has 0 aliphatic rings. The van der Waals surface area contributed by atoms with Crippen molar-refractivity contribution in [3.05, 3.63) is 40.0 Å². The minimum Gasteiger partial charge on any atom is -0.345 e. The Morgan fingerprint density at radius 1 is 1.36 bits per heavy atom. The smallest absolute Gasteiger partial charge is 0.253 e. The van der Waals surface area contributed by atoms with Gasteiger partial charge >= 0.3 is 0 Å². The summed E-state index contributed by atoms with van der Waals surface area (Å²) in [6.45, 7) is 6.76. The summed E-state index contributed by atoms with van der Waals surface area (Å²) in [5.74, 6) is -0.176. The maximum absolute atomic E-state index is 12.2. The molecular weight excluding hydrogens is 300 g/mol. The standard InChI is InChI=1S/C14H16N6OS/c1-14(2,3)10-8-22-12(16-10)6-15-13(21)9-4-5-11-17-18-19-20(11)7-9/h4-5,7-8H,6H2,1-3H3,(H,15,21). The third-order valence-electron chi connectivity index (χ3n) is 3.17. The van der Waals surface area contributed by atoms with E-state index in [1.165, 1.54) is 4.52 Å². The first-order valence-electron chi connectivity index (χ1n) is 6.84. The molecule has 0 bridgehead atoms. The molecule has 3 rings (SSSR count). The lowest BCUT2D eigenvalue weighted by Gasteiger charge is -2.14. The lowest BCUT2D eigenvalue weighted by molar-refractivity contribution is 0.0950. The number of rotatable bonds is 3. The van der Waals surface area contributed by atoms with E-state index in [0.29, 0.717) is 17.8 Å². The predicted octanol–water partition coefficient (Wildman–Crippen LogP) is 1.81. The Balaban J connectivity index is 1.68. The van der Waals surface area contributed by atoms with Crippen LogP contribution in [0.4, 0.5) is 0 Å². The zero-order valence-electron chi connectivity index (χ0n) is 12.6. The minimum absolute atomic E-state index is 0.0177. The van der Waals surface area contributed by atoms with Crippen LogP contribution in [0, 0.1) is 0 Å². The first kappa shape index (κ1) is 14.6. The van der Waals surface area contributed by atoms with Crippen molar-refractivity contribution in [3.8, 4) is 0 Å². The van der Waals surface area contributed by atoms with Crippen molar-refractivity contribution in [2.75, 3.05) is 0 Å². The highest BCUT2D eigenvalue weighted by atomic mass is 32.1. The van der Waals surface area contributed by atoms with E-state index in [9.17, 15) is 4.79 Å². The Hall–Kier alpha value is -2.35. The van der Waals surface area contributed by atoms with Crippen molar-refractivity contribution in [2.24, 2.45) is 0 Å². The van der Waals surface area contributed by atoms with Crippen LogP contribution in [-0.2, 0) is 12.0 Å². The van der Waals surface area contributed by atoms with Crippen LogP contribution in [-0.4, -0.2) is 30.9 Å². The van der Waals surface area contributed by atoms with Crippen LogP contribution in [0.15, 0.2) is 23.7 Å². The van der Waals surface area contributed by atoms with Gasteiger partial charge in [-0.2, -0.15) is 4.52 Å². The Kier molecular flexibility index (Phi) is 3.61. The van der Waals surface area contributed by atoms with Gasteiger partial charge in [-0.15, -0.1) is 16.4 Å². The van der Waals surface area contributed by atoms with Crippen LogP contribution in [0.2, 0.25) is 0 Å². The van der Waals surface area contributed by atoms with Gasteiger partial charge in [-0.1, -0.05) is 20.8 Å². The lowest BCUT2D eigenvalue weighted by atomic mass is 9.93. The van der Waals surface area contributed by atoms with Gasteiger partial charge < -0.3 is 5.32 Å². The van der Waals surface area contributed by atoms with E-state index < -0.39 is 0 Å². The monoisotopic (exact) mass is 316 g/mol. The van der Waals surface area contributed by atoms with Crippen LogP contribution in [0.1, 0.15) is 41.8 Å². The van der Waals surface area contributed by atoms with Crippen molar-refractivity contribution in [3.63, 3.8) is 0 Å². The maximum Gasteiger partial charge on any atom is 0.253 e. The highest BCUT2D eigenvalue weighted by Gasteiger charge is 2.17. The van der Waals surface area contributed by atoms with Gasteiger partial charge in [-0.05, 0) is 22.6 Å². The van der Waals surface area contributed by atoms with Gasteiger partial charge in [-0.25, -0.2) is 4.98 Å². The van der Waals surface area contributed by atoms with E-state index in [0.717, 1.165) is 10.7 Å². The summed E-state index contributed by atoms with van der Waals surface area (Å²) in [5.41, 5.74) is 2.17. The number of thiazole rings is 1. The second kappa shape index (κ2) is 5.45. The van der Waals surface area contributed by atoms with Crippen LogP contribution in [0.25, 0.3) is 5.65 Å². The fraction of sp³-hybridized carbons (Fsp3) is 0.357. The second-order valence-corrected chi connectivity index (χ2v) is 6.90. The van der Waals surface area contributed by atoms with Crippen LogP contribution in [0.5, 0.6) is 0 Å². The quantitative estimate of drug-likeness (QED) is 0.796. The molecule has 0 aliphatic heterocycles. The molecule has 0 radical (unpaired) electrons. The van der Waals surface area contributed by atoms with Gasteiger partial charge in [0.15, 0.2) is 5.65 Å². The number of carbonyl (C=O) groups excluding carboxylic acids is 1. The van der Waals surface area contributed by atoms with E-state index in [2.05, 4.69) is 46.6 Å². The summed E-state index contributed by atoms with van der Waals surface area (Å²) in [5, 5.41) is 16.9. The minimum atomic E-state index is -0.176. The van der Waals surface area contributed by atoms with Crippen molar-refractivity contribution in [1.82, 2.24) is 30.3 Å². The third kappa shape index (κ3) is 2.96. The number of carbonyl (C=O) groups is 1. The first-order chi connectivity index (χ1) is 10.4. The van der Waals surface area contributed by atoms with E-state index in [-0.39, 0.29) is 11.3 Å². The average molecular weight is 316 g/mol. The van der Waals surface area contributed by atoms with Gasteiger partial charge in [0.05, 0.1) is 17.8 Å². The lowest BCUT2D eigenvalue weighted by Crippen LogP contribution is -2.23. The molecule has 114 valence electrons. The Morgan fingerprint density at radius 2 is 2.18 bits per heavy atom. The van der Waals surface area contributed by atoms with Crippen molar-refractivity contribution in [1.29, 1.82) is 0 Å². The molecule has 0 aromatic carbocycles. The molecule has 0 saturated heterocycles. The molecule has 1 amide bonds. The summed E-state index contributed by atoms with van der Waals surface area (Å²) >= 11 is 1.55. The zero-order chi connectivity index (χ0) is 15.7. The number of nitrogens with one attached hydrogen (secondary N) is 1. The van der Waals surface area contributed by atoms with Gasteiger partial charge in [0.2, 0.25) is 0 Å². The predicted molar refractivity (Wildman–Crippen MR) is 82.8 cm³/mol. The van der Waals surface area contributed by atoms with Gasteiger partial charge in [-0.3, -0.25) is 4.79 Å². The number of amides is 1. The molecule has 0 aliphatic carbocycles. The highest BCUT2D eigenvalue weighted by Crippen LogP contribution is 2.23. The topological polar surface area (TPSA) is 85.1 Å². The van der Waals surface area contributed by atoms with E-state index in [1.807, 2.05) is 5.38 Å². The summed E-state index contributed by atoms with van der Waals surface area (Å²) < 4.78 is 1.47. The summed E-state index contributed by atoms with van der Waals surface area (Å²) in [6.07, 6.45) is 1.60. The number of hydrogen-bond donors (Lipinski definition) is 1. The summed E-state index contributed by atoms with van der Waals surface area (Å²) in [7, 11) is 0. The molecule has 0 unspecified atom stereocenters. The van der Waals surface area contributed by atoms with E-state index in [4.69, 9.17) is 0 Å². The maximum atomic E-state index is 12.2. The molecule has 7 nitrogen and oxygen atoms in total. The molecular formula is C14H16N6OS. The van der Waals surface area contributed by atoms with Crippen molar-refractivity contribution in [2.45, 2.75) is 32.7 Å². The van der Waals surface area contributed by atoms with Gasteiger partial charge in [0.1, 0.15) is 5.01 Å². The molecule has 8 heteroatoms. The second-order valence-electron chi connectivity index (χ2n) is 5.96. The van der Waals surface area contributed by atoms with E-state index >= 15 is 0 Å². The van der Waals surface area contributed by atoms with Crippen molar-refractivity contribution < 1.29 is 4.79 Å². The largest absolute Gasteiger partial charge is 0.345 e. The summed E-state index contributed by atoms with van der Waals surface area (Å²) in [4.78, 5) is 16.7. The molecule has 22 heavy (non-hydrogen) atoms. The average Bonchev–Trinajstić information content (AvgIpc) is 3.12. The fourth-order valence-corrected chi connectivity index (χ4v) is 2.83. The van der Waals surface area contributed by atoms with Crippen LogP contribution >= 0.6 is 11.3 Å². The molecule has 3 aromatic rings. The first-order valence-corrected chi connectivity index (χ1v) is 7.72. The van der Waals surface area contributed by atoms with Crippen molar-refractivity contribution >= 4 is 22.9 Å². The SMILES string of the molecule is CC(C)(C)c1csc(CNC(=O)c2ccc3nnnn3c2)n1. The molecule has 3 heterocycles. The fourth-order valence-electron chi connectivity index (χ4n) is 1.87. The summed E-state index contributed by atoms with van der Waals surface area (Å²) in [6, 6.07) is 3.40. The Labute approximate surface area is 131 Å².